The number of thioether (sulfide) groups is 1. The maximum atomic E-state index is 10.8. The van der Waals surface area contributed by atoms with E-state index in [9.17, 15) is 4.79 Å². The Balaban J connectivity index is 2.76. The van der Waals surface area contributed by atoms with Crippen molar-refractivity contribution in [3.05, 3.63) is 29.8 Å². The average Bonchev–Trinajstić information content (AvgIpc) is 2.17. The van der Waals surface area contributed by atoms with Crippen molar-refractivity contribution in [3.63, 3.8) is 0 Å². The Labute approximate surface area is 92.6 Å². The van der Waals surface area contributed by atoms with Crippen LogP contribution in [0.2, 0.25) is 0 Å². The number of carbonyl (C=O) groups is 1. The fourth-order valence-corrected chi connectivity index (χ4v) is 1.92. The first-order valence-electron chi connectivity index (χ1n) is 4.00. The normalized spacial score (nSPS) is 9.57. The fraction of sp³-hybridized carbons (Fsp3) is 0.200. The Bertz CT molecular complexity index is 344. The molecule has 0 unspecified atom stereocenters. The zero-order valence-electron chi connectivity index (χ0n) is 7.94. The molecule has 0 saturated carbocycles. The van der Waals surface area contributed by atoms with E-state index >= 15 is 0 Å². The van der Waals surface area contributed by atoms with Crippen LogP contribution >= 0.6 is 24.0 Å². The average molecular weight is 226 g/mol. The zero-order chi connectivity index (χ0) is 10.6. The number of benzene rings is 1. The number of hydrogen-bond donors (Lipinski definition) is 0. The van der Waals surface area contributed by atoms with E-state index in [1.54, 1.807) is 7.11 Å². The number of rotatable bonds is 2. The first-order chi connectivity index (χ1) is 6.63. The lowest BCUT2D eigenvalue weighted by Crippen LogP contribution is -1.95. The highest BCUT2D eigenvalue weighted by molar-refractivity contribution is 8.33. The van der Waals surface area contributed by atoms with E-state index < -0.39 is 0 Å². The summed E-state index contributed by atoms with van der Waals surface area (Å²) in [4.78, 5) is 10.8. The highest BCUT2D eigenvalue weighted by atomic mass is 32.2. The molecule has 0 aromatic heterocycles. The lowest BCUT2D eigenvalue weighted by atomic mass is 10.2. The molecule has 2 nitrogen and oxygen atoms in total. The first-order valence-corrected chi connectivity index (χ1v) is 5.22. The molecule has 0 fully saturated rings. The summed E-state index contributed by atoms with van der Waals surface area (Å²) < 4.78 is 5.61. The molecule has 0 spiro atoms. The molecule has 0 saturated heterocycles. The molecule has 0 radical (unpaired) electrons. The van der Waals surface area contributed by atoms with E-state index in [0.29, 0.717) is 4.20 Å². The van der Waals surface area contributed by atoms with Crippen molar-refractivity contribution < 1.29 is 9.53 Å². The van der Waals surface area contributed by atoms with E-state index in [1.165, 1.54) is 6.92 Å². The van der Waals surface area contributed by atoms with Crippen LogP contribution in [0.4, 0.5) is 0 Å². The van der Waals surface area contributed by atoms with Gasteiger partial charge in [0.1, 0.15) is 5.75 Å². The Morgan fingerprint density at radius 3 is 2.36 bits per heavy atom. The summed E-state index contributed by atoms with van der Waals surface area (Å²) in [5, 5.41) is 0.00539. The molecule has 0 N–H and O–H groups in total. The number of carbonyl (C=O) groups excluding carboxylic acids is 1. The van der Waals surface area contributed by atoms with Gasteiger partial charge in [-0.3, -0.25) is 4.79 Å². The van der Waals surface area contributed by atoms with Crippen LogP contribution < -0.4 is 4.74 Å². The molecule has 0 aliphatic carbocycles. The standard InChI is InChI=1S/C10H10O2S2/c1-7(11)14-10(13)8-3-5-9(12-2)6-4-8/h3-6H,1-2H3. The number of methoxy groups -OCH3 is 1. The Hall–Kier alpha value is -0.870. The summed E-state index contributed by atoms with van der Waals surface area (Å²) in [6.07, 6.45) is 0. The molecule has 0 bridgehead atoms. The minimum absolute atomic E-state index is 0.00539. The molecule has 1 aromatic rings. The SMILES string of the molecule is COc1ccc(C(=S)SC(C)=O)cc1. The lowest BCUT2D eigenvalue weighted by molar-refractivity contribution is -0.109. The van der Waals surface area contributed by atoms with Crippen LogP contribution in [-0.4, -0.2) is 16.4 Å². The van der Waals surface area contributed by atoms with Gasteiger partial charge in [-0.15, -0.1) is 0 Å². The Morgan fingerprint density at radius 1 is 1.36 bits per heavy atom. The minimum atomic E-state index is 0.00539. The highest BCUT2D eigenvalue weighted by Crippen LogP contribution is 2.17. The van der Waals surface area contributed by atoms with Crippen LogP contribution in [0.25, 0.3) is 0 Å². The van der Waals surface area contributed by atoms with E-state index in [1.807, 2.05) is 24.3 Å². The van der Waals surface area contributed by atoms with Crippen LogP contribution in [0, 0.1) is 0 Å². The lowest BCUT2D eigenvalue weighted by Gasteiger charge is -2.02. The van der Waals surface area contributed by atoms with Crippen molar-refractivity contribution in [2.24, 2.45) is 0 Å². The van der Waals surface area contributed by atoms with Crippen molar-refractivity contribution >= 4 is 33.3 Å². The van der Waals surface area contributed by atoms with Gasteiger partial charge in [0.15, 0.2) is 5.12 Å². The summed E-state index contributed by atoms with van der Waals surface area (Å²) in [5.41, 5.74) is 0.876. The molecule has 74 valence electrons. The quantitative estimate of drug-likeness (QED) is 0.724. The van der Waals surface area contributed by atoms with Gasteiger partial charge in [-0.05, 0) is 41.6 Å². The molecule has 0 aliphatic heterocycles. The summed E-state index contributed by atoms with van der Waals surface area (Å²) in [7, 11) is 1.61. The van der Waals surface area contributed by atoms with Crippen molar-refractivity contribution in [1.29, 1.82) is 0 Å². The van der Waals surface area contributed by atoms with E-state index in [4.69, 9.17) is 17.0 Å². The summed E-state index contributed by atoms with van der Waals surface area (Å²) in [6.45, 7) is 1.50. The predicted octanol–water partition coefficient (Wildman–Crippen LogP) is 2.65. The Kier molecular flexibility index (Phi) is 4.10. The van der Waals surface area contributed by atoms with Gasteiger partial charge < -0.3 is 4.74 Å². The highest BCUT2D eigenvalue weighted by Gasteiger charge is 2.04. The van der Waals surface area contributed by atoms with Gasteiger partial charge >= 0.3 is 0 Å². The molecule has 0 heterocycles. The Morgan fingerprint density at radius 2 is 1.93 bits per heavy atom. The third kappa shape index (κ3) is 3.12. The van der Waals surface area contributed by atoms with E-state index in [2.05, 4.69) is 0 Å². The molecular weight excluding hydrogens is 216 g/mol. The smallest absolute Gasteiger partial charge is 0.191 e. The van der Waals surface area contributed by atoms with Crippen molar-refractivity contribution in [1.82, 2.24) is 0 Å². The van der Waals surface area contributed by atoms with E-state index in [-0.39, 0.29) is 5.12 Å². The summed E-state index contributed by atoms with van der Waals surface area (Å²) in [5.74, 6) is 0.782. The molecule has 0 amide bonds. The van der Waals surface area contributed by atoms with Gasteiger partial charge in [-0.1, -0.05) is 12.2 Å². The van der Waals surface area contributed by atoms with Gasteiger partial charge in [0.2, 0.25) is 0 Å². The van der Waals surface area contributed by atoms with E-state index in [0.717, 1.165) is 23.1 Å². The second-order valence-electron chi connectivity index (χ2n) is 2.61. The van der Waals surface area contributed by atoms with Crippen LogP contribution in [-0.2, 0) is 4.79 Å². The number of hydrogen-bond acceptors (Lipinski definition) is 4. The summed E-state index contributed by atoms with van der Waals surface area (Å²) >= 11 is 6.15. The van der Waals surface area contributed by atoms with Crippen LogP contribution in [0.5, 0.6) is 5.75 Å². The number of thiocarbonyl (C=S) groups is 1. The maximum absolute atomic E-state index is 10.8. The minimum Gasteiger partial charge on any atom is -0.497 e. The first kappa shape index (κ1) is 11.2. The molecule has 4 heteroatoms. The number of ether oxygens (including phenoxy) is 1. The van der Waals surface area contributed by atoms with Crippen molar-refractivity contribution in [2.75, 3.05) is 7.11 Å². The van der Waals surface area contributed by atoms with Crippen molar-refractivity contribution in [3.8, 4) is 5.75 Å². The van der Waals surface area contributed by atoms with Gasteiger partial charge in [0.25, 0.3) is 0 Å². The monoisotopic (exact) mass is 226 g/mol. The predicted molar refractivity (Wildman–Crippen MR) is 63.0 cm³/mol. The second-order valence-corrected chi connectivity index (χ2v) is 4.46. The topological polar surface area (TPSA) is 26.3 Å². The molecule has 0 atom stereocenters. The third-order valence-electron chi connectivity index (χ3n) is 1.56. The van der Waals surface area contributed by atoms with Crippen molar-refractivity contribution in [2.45, 2.75) is 6.92 Å². The summed E-state index contributed by atoms with van der Waals surface area (Å²) in [6, 6.07) is 7.33. The molecule has 0 aliphatic rings. The van der Waals surface area contributed by atoms with Crippen LogP contribution in [0.3, 0.4) is 0 Å². The van der Waals surface area contributed by atoms with Crippen LogP contribution in [0.1, 0.15) is 12.5 Å². The van der Waals surface area contributed by atoms with Crippen LogP contribution in [0.15, 0.2) is 24.3 Å². The second kappa shape index (κ2) is 5.12. The molecule has 14 heavy (non-hydrogen) atoms. The van der Waals surface area contributed by atoms with Gasteiger partial charge in [0.05, 0.1) is 11.3 Å². The van der Waals surface area contributed by atoms with Gasteiger partial charge in [0, 0.05) is 6.92 Å². The molecule has 1 rings (SSSR count). The zero-order valence-corrected chi connectivity index (χ0v) is 9.58. The van der Waals surface area contributed by atoms with Gasteiger partial charge in [-0.2, -0.15) is 0 Å². The largest absolute Gasteiger partial charge is 0.497 e. The maximum Gasteiger partial charge on any atom is 0.191 e. The van der Waals surface area contributed by atoms with Gasteiger partial charge in [-0.25, -0.2) is 0 Å². The third-order valence-corrected chi connectivity index (χ3v) is 2.76. The molecule has 1 aromatic carbocycles. The fourth-order valence-electron chi connectivity index (χ4n) is 0.917. The molecular formula is C10H10O2S2.